The highest BCUT2D eigenvalue weighted by molar-refractivity contribution is 5.98. The molecule has 0 spiro atoms. The lowest BCUT2D eigenvalue weighted by molar-refractivity contribution is -0.384. The molecular formula is C22H16N4O4. The van der Waals surface area contributed by atoms with Crippen LogP contribution in [0, 0.1) is 10.1 Å². The molecule has 0 saturated carbocycles. The van der Waals surface area contributed by atoms with E-state index in [0.717, 1.165) is 5.69 Å². The molecule has 0 bridgehead atoms. The van der Waals surface area contributed by atoms with Crippen LogP contribution in [0.5, 0.6) is 0 Å². The minimum atomic E-state index is -0.462. The van der Waals surface area contributed by atoms with Crippen LogP contribution in [0.3, 0.4) is 0 Å². The first-order chi connectivity index (χ1) is 14.6. The van der Waals surface area contributed by atoms with Gasteiger partial charge in [0.2, 0.25) is 0 Å². The molecule has 1 amide bonds. The van der Waals surface area contributed by atoms with Crippen molar-refractivity contribution in [3.63, 3.8) is 0 Å². The molecule has 8 heteroatoms. The Hall–Kier alpha value is -4.46. The molecule has 0 aliphatic carbocycles. The highest BCUT2D eigenvalue weighted by Gasteiger charge is 2.12. The molecule has 2 aromatic heterocycles. The lowest BCUT2D eigenvalue weighted by atomic mass is 10.1. The number of hydrogen-bond acceptors (Lipinski definition) is 5. The highest BCUT2D eigenvalue weighted by atomic mass is 16.6. The van der Waals surface area contributed by atoms with Gasteiger partial charge in [-0.25, -0.2) is 5.43 Å². The normalized spacial score (nSPS) is 10.9. The van der Waals surface area contributed by atoms with Gasteiger partial charge in [-0.15, -0.1) is 0 Å². The van der Waals surface area contributed by atoms with Crippen molar-refractivity contribution in [3.05, 3.63) is 107 Å². The molecule has 0 fully saturated rings. The van der Waals surface area contributed by atoms with Crippen LogP contribution in [0.1, 0.15) is 16.1 Å². The number of nitro benzene ring substituents is 1. The summed E-state index contributed by atoms with van der Waals surface area (Å²) in [5.41, 5.74) is 4.26. The van der Waals surface area contributed by atoms with Gasteiger partial charge in [-0.1, -0.05) is 24.3 Å². The Morgan fingerprint density at radius 2 is 1.83 bits per heavy atom. The van der Waals surface area contributed by atoms with Gasteiger partial charge in [0.15, 0.2) is 0 Å². The Kier molecular flexibility index (Phi) is 5.21. The van der Waals surface area contributed by atoms with Crippen molar-refractivity contribution in [2.75, 3.05) is 0 Å². The zero-order chi connectivity index (χ0) is 20.9. The van der Waals surface area contributed by atoms with Crippen LogP contribution in [0.2, 0.25) is 0 Å². The fourth-order valence-electron chi connectivity index (χ4n) is 2.95. The number of para-hydroxylation sites is 1. The number of amides is 1. The van der Waals surface area contributed by atoms with Crippen molar-refractivity contribution in [3.8, 4) is 17.0 Å². The molecule has 2 heterocycles. The van der Waals surface area contributed by atoms with Gasteiger partial charge in [0.05, 0.1) is 22.4 Å². The van der Waals surface area contributed by atoms with Gasteiger partial charge < -0.3 is 8.98 Å². The number of hydrazone groups is 1. The minimum absolute atomic E-state index is 0.0206. The predicted octanol–water partition coefficient (Wildman–Crippen LogP) is 4.41. The first-order valence-electron chi connectivity index (χ1n) is 9.02. The van der Waals surface area contributed by atoms with Crippen LogP contribution in [-0.2, 0) is 0 Å². The molecule has 148 valence electrons. The van der Waals surface area contributed by atoms with Gasteiger partial charge in [0, 0.05) is 30.1 Å². The van der Waals surface area contributed by atoms with Crippen LogP contribution in [0.15, 0.2) is 94.7 Å². The first kappa shape index (κ1) is 18.9. The zero-order valence-corrected chi connectivity index (χ0v) is 15.6. The quantitative estimate of drug-likeness (QED) is 0.294. The van der Waals surface area contributed by atoms with Gasteiger partial charge in [-0.3, -0.25) is 14.9 Å². The molecule has 0 saturated heterocycles. The Bertz CT molecular complexity index is 1230. The summed E-state index contributed by atoms with van der Waals surface area (Å²) in [6, 6.07) is 20.4. The number of nitrogens with one attached hydrogen (secondary N) is 1. The molecule has 2 aromatic carbocycles. The summed E-state index contributed by atoms with van der Waals surface area (Å²) in [6.07, 6.45) is 5.08. The highest BCUT2D eigenvalue weighted by Crippen LogP contribution is 2.25. The predicted molar refractivity (Wildman–Crippen MR) is 112 cm³/mol. The fraction of sp³-hybridized carbons (Fsp3) is 0. The summed E-state index contributed by atoms with van der Waals surface area (Å²) >= 11 is 0. The number of carbonyl (C=O) groups excluding carboxylic acids is 1. The largest absolute Gasteiger partial charge is 0.455 e. The number of rotatable bonds is 6. The van der Waals surface area contributed by atoms with E-state index in [0.29, 0.717) is 22.6 Å². The molecule has 1 N–H and O–H groups in total. The number of carbonyl (C=O) groups is 1. The second-order valence-electron chi connectivity index (χ2n) is 6.32. The molecular weight excluding hydrogens is 384 g/mol. The van der Waals surface area contributed by atoms with Crippen LogP contribution in [0.4, 0.5) is 5.69 Å². The van der Waals surface area contributed by atoms with E-state index in [1.165, 1.54) is 18.3 Å². The Morgan fingerprint density at radius 3 is 2.63 bits per heavy atom. The summed E-state index contributed by atoms with van der Waals surface area (Å²) < 4.78 is 7.49. The summed E-state index contributed by atoms with van der Waals surface area (Å²) in [5.74, 6) is 0.501. The van der Waals surface area contributed by atoms with E-state index in [-0.39, 0.29) is 11.6 Å². The zero-order valence-electron chi connectivity index (χ0n) is 15.6. The maximum Gasteiger partial charge on any atom is 0.273 e. The molecule has 4 aromatic rings. The Morgan fingerprint density at radius 1 is 1.03 bits per heavy atom. The van der Waals surface area contributed by atoms with Gasteiger partial charge in [-0.2, -0.15) is 5.10 Å². The number of non-ortho nitro benzene ring substituents is 1. The fourth-order valence-corrected chi connectivity index (χ4v) is 2.95. The molecule has 0 aliphatic rings. The average molecular weight is 400 g/mol. The van der Waals surface area contributed by atoms with Crippen LogP contribution < -0.4 is 5.43 Å². The van der Waals surface area contributed by atoms with Crippen molar-refractivity contribution in [2.24, 2.45) is 5.10 Å². The van der Waals surface area contributed by atoms with Crippen LogP contribution >= 0.6 is 0 Å². The summed E-state index contributed by atoms with van der Waals surface area (Å²) in [6.45, 7) is 0. The molecule has 0 aliphatic heterocycles. The van der Waals surface area contributed by atoms with Crippen molar-refractivity contribution in [1.82, 2.24) is 9.99 Å². The maximum atomic E-state index is 12.5. The van der Waals surface area contributed by atoms with E-state index < -0.39 is 4.92 Å². The van der Waals surface area contributed by atoms with Crippen molar-refractivity contribution in [2.45, 2.75) is 0 Å². The van der Waals surface area contributed by atoms with Gasteiger partial charge >= 0.3 is 0 Å². The molecule has 0 atom stereocenters. The first-order valence-corrected chi connectivity index (χ1v) is 9.02. The average Bonchev–Trinajstić information content (AvgIpc) is 3.46. The van der Waals surface area contributed by atoms with Crippen LogP contribution in [0.25, 0.3) is 17.0 Å². The molecule has 8 nitrogen and oxygen atoms in total. The van der Waals surface area contributed by atoms with Crippen molar-refractivity contribution >= 4 is 17.8 Å². The summed E-state index contributed by atoms with van der Waals surface area (Å²) in [5, 5.41) is 14.9. The maximum absolute atomic E-state index is 12.5. The minimum Gasteiger partial charge on any atom is -0.455 e. The number of benzene rings is 2. The third-order valence-corrected chi connectivity index (χ3v) is 4.36. The number of furan rings is 1. The van der Waals surface area contributed by atoms with E-state index in [1.54, 1.807) is 36.4 Å². The van der Waals surface area contributed by atoms with E-state index in [4.69, 9.17) is 4.42 Å². The third kappa shape index (κ3) is 4.02. The second-order valence-corrected chi connectivity index (χ2v) is 6.32. The second kappa shape index (κ2) is 8.27. The van der Waals surface area contributed by atoms with Gasteiger partial charge in [0.1, 0.15) is 11.5 Å². The van der Waals surface area contributed by atoms with Gasteiger partial charge in [-0.05, 0) is 36.4 Å². The van der Waals surface area contributed by atoms with Gasteiger partial charge in [0.25, 0.3) is 11.6 Å². The van der Waals surface area contributed by atoms with E-state index in [9.17, 15) is 14.9 Å². The Labute approximate surface area is 171 Å². The van der Waals surface area contributed by atoms with Crippen molar-refractivity contribution in [1.29, 1.82) is 0 Å². The molecule has 0 radical (unpaired) electrons. The lowest BCUT2D eigenvalue weighted by Crippen LogP contribution is -2.19. The van der Waals surface area contributed by atoms with Crippen molar-refractivity contribution < 1.29 is 14.1 Å². The number of aromatic nitrogens is 1. The standard InChI is InChI=1S/C22H16N4O4/c27-22(19-8-1-2-9-20(19)25-12-3-4-13-25)24-23-15-18-10-11-21(30-18)16-6-5-7-17(14-16)26(28)29/h1-15H,(H,24,27)/b23-15-. The molecule has 4 rings (SSSR count). The molecule has 0 unspecified atom stereocenters. The number of hydrogen-bond donors (Lipinski definition) is 1. The number of nitro groups is 1. The Balaban J connectivity index is 1.47. The van der Waals surface area contributed by atoms with E-state index in [1.807, 2.05) is 41.2 Å². The monoisotopic (exact) mass is 400 g/mol. The van der Waals surface area contributed by atoms with E-state index in [2.05, 4.69) is 10.5 Å². The topological polar surface area (TPSA) is 103 Å². The third-order valence-electron chi connectivity index (χ3n) is 4.36. The van der Waals surface area contributed by atoms with Crippen LogP contribution in [-0.4, -0.2) is 21.6 Å². The summed E-state index contributed by atoms with van der Waals surface area (Å²) in [4.78, 5) is 23.0. The molecule has 30 heavy (non-hydrogen) atoms. The van der Waals surface area contributed by atoms with E-state index >= 15 is 0 Å². The lowest BCUT2D eigenvalue weighted by Gasteiger charge is -2.08. The SMILES string of the molecule is O=C(N/N=C\c1ccc(-c2cccc([N+](=O)[O-])c2)o1)c1ccccc1-n1cccc1. The summed E-state index contributed by atoms with van der Waals surface area (Å²) in [7, 11) is 0. The number of nitrogens with zero attached hydrogens (tertiary/aromatic N) is 3. The smallest absolute Gasteiger partial charge is 0.273 e.